The van der Waals surface area contributed by atoms with Crippen LogP contribution in [-0.4, -0.2) is 0 Å². The van der Waals surface area contributed by atoms with Crippen molar-refractivity contribution in [1.29, 1.82) is 0 Å². The Labute approximate surface area is 816 Å². The lowest BCUT2D eigenvalue weighted by Gasteiger charge is -2.19. The van der Waals surface area contributed by atoms with Crippen molar-refractivity contribution in [3.63, 3.8) is 0 Å². The van der Waals surface area contributed by atoms with E-state index in [-0.39, 0.29) is 0 Å². The quantitative estimate of drug-likeness (QED) is 0.107. The van der Waals surface area contributed by atoms with Crippen molar-refractivity contribution in [2.45, 2.75) is 0 Å². The first-order chi connectivity index (χ1) is 69.6. The lowest BCUT2D eigenvalue weighted by molar-refractivity contribution is 1.60. The second-order valence-electron chi connectivity index (χ2n) is 36.1. The SMILES string of the molecule is c1ccc(-c2c3ccccc3c(-c3ccc(-c4ccc5ccccc5c4)cc3)c3ccccc23)cc1.c1ccc(-c2cc(-c3c4ccccc4c(-c4ccccc4)c4ccccc34)c3ccccc3c2)cc1.c1ccc(-c2ccc(-c3c4ccccc4c(-c4ccccc4)c4ccccc34)c3ccccc23)cc1.c1ccc(-c2ccccc2-c2c3ccccc3c(-c3ccccc3)c3ccccc23)cc1. The molecule has 0 aliphatic heterocycles. The molecule has 27 aromatic rings. The maximum absolute atomic E-state index is 2.38. The highest BCUT2D eigenvalue weighted by molar-refractivity contribution is 6.28. The molecule has 0 radical (unpaired) electrons. The summed E-state index contributed by atoms with van der Waals surface area (Å²) >= 11 is 0. The fraction of sp³-hybridized carbons (Fsp3) is 0. The maximum Gasteiger partial charge on any atom is -0.00199 e. The van der Waals surface area contributed by atoms with E-state index in [0.717, 1.165) is 0 Å². The van der Waals surface area contributed by atoms with E-state index in [1.165, 1.54) is 252 Å². The van der Waals surface area contributed by atoms with Gasteiger partial charge in [-0.3, -0.25) is 0 Å². The smallest absolute Gasteiger partial charge is 0.00199 e. The monoisotopic (exact) mass is 1770 g/mol. The number of benzene rings is 27. The van der Waals surface area contributed by atoms with Crippen LogP contribution < -0.4 is 0 Å². The van der Waals surface area contributed by atoms with Gasteiger partial charge >= 0.3 is 0 Å². The third-order valence-corrected chi connectivity index (χ3v) is 28.0. The number of fused-ring (bicyclic) bond motifs is 11. The maximum atomic E-state index is 2.38. The molecule has 27 rings (SSSR count). The summed E-state index contributed by atoms with van der Waals surface area (Å²) in [5.74, 6) is 0. The molecule has 0 amide bonds. The van der Waals surface area contributed by atoms with Crippen LogP contribution in [0, 0.1) is 0 Å². The largest absolute Gasteiger partial charge is 0.0622 e. The van der Waals surface area contributed by atoms with Gasteiger partial charge in [0.25, 0.3) is 0 Å². The molecule has 0 aromatic heterocycles. The van der Waals surface area contributed by atoms with Crippen LogP contribution in [0.5, 0.6) is 0 Å². The third-order valence-electron chi connectivity index (χ3n) is 28.0. The normalized spacial score (nSPS) is 11.3. The zero-order valence-electron chi connectivity index (χ0n) is 77.3. The van der Waals surface area contributed by atoms with Gasteiger partial charge in [0.1, 0.15) is 0 Å². The highest BCUT2D eigenvalue weighted by atomic mass is 14.3. The van der Waals surface area contributed by atoms with Crippen molar-refractivity contribution in [3.8, 4) is 134 Å². The third kappa shape index (κ3) is 15.9. The van der Waals surface area contributed by atoms with E-state index in [1.807, 2.05) is 0 Å². The van der Waals surface area contributed by atoms with Gasteiger partial charge in [-0.1, -0.05) is 552 Å². The second-order valence-corrected chi connectivity index (χ2v) is 36.1. The molecule has 0 saturated carbocycles. The lowest BCUT2D eigenvalue weighted by atomic mass is 9.84. The molecule has 0 aliphatic rings. The first kappa shape index (κ1) is 84.8. The molecule has 0 aliphatic carbocycles. The highest BCUT2D eigenvalue weighted by Gasteiger charge is 2.25. The summed E-state index contributed by atoms with van der Waals surface area (Å²) < 4.78 is 0. The molecule has 27 aromatic carbocycles. The number of rotatable bonds is 12. The van der Waals surface area contributed by atoms with E-state index in [1.54, 1.807) is 0 Å². The summed E-state index contributed by atoms with van der Waals surface area (Å²) in [5, 5.41) is 28.2. The molecular formula is C140H94. The van der Waals surface area contributed by atoms with Crippen LogP contribution in [0.4, 0.5) is 0 Å². The van der Waals surface area contributed by atoms with Crippen molar-refractivity contribution < 1.29 is 0 Å². The van der Waals surface area contributed by atoms with Crippen LogP contribution in [0.3, 0.4) is 0 Å². The Kier molecular flexibility index (Phi) is 23.0. The molecule has 0 fully saturated rings. The summed E-state index contributed by atoms with van der Waals surface area (Å²) in [5.41, 5.74) is 30.4. The molecule has 0 saturated heterocycles. The zero-order valence-corrected chi connectivity index (χ0v) is 77.3. The van der Waals surface area contributed by atoms with Gasteiger partial charge in [-0.15, -0.1) is 0 Å². The molecule has 0 atom stereocenters. The predicted molar refractivity (Wildman–Crippen MR) is 604 cm³/mol. The van der Waals surface area contributed by atoms with E-state index in [2.05, 4.69) is 570 Å². The Morgan fingerprint density at radius 1 is 0.0714 bits per heavy atom. The summed E-state index contributed by atoms with van der Waals surface area (Å²) in [6, 6.07) is 206. The zero-order chi connectivity index (χ0) is 93.0. The Hall–Kier alpha value is -18.2. The second kappa shape index (κ2) is 37.9. The van der Waals surface area contributed by atoms with Crippen LogP contribution in [0.1, 0.15) is 0 Å². The van der Waals surface area contributed by atoms with Gasteiger partial charge in [-0.25, -0.2) is 0 Å². The minimum absolute atomic E-state index is 1.24. The van der Waals surface area contributed by atoms with Gasteiger partial charge in [0.05, 0.1) is 0 Å². The van der Waals surface area contributed by atoms with Crippen molar-refractivity contribution in [3.05, 3.63) is 570 Å². The van der Waals surface area contributed by atoms with Gasteiger partial charge in [-0.05, 0) is 270 Å². The lowest BCUT2D eigenvalue weighted by Crippen LogP contribution is -1.92. The Morgan fingerprint density at radius 2 is 0.279 bits per heavy atom. The van der Waals surface area contributed by atoms with Crippen molar-refractivity contribution in [2.75, 3.05) is 0 Å². The van der Waals surface area contributed by atoms with Gasteiger partial charge < -0.3 is 0 Å². The first-order valence-corrected chi connectivity index (χ1v) is 48.4. The minimum atomic E-state index is 1.24. The standard InChI is InChI=1S/3C36H24.C32H22/c1-3-13-25(14-4-1)28-23-27-17-7-8-18-29(27)34(24-28)36-32-21-11-9-19-30(32)35(26-15-5-2-6-16-26)31-20-10-12-22-33(31)36;1-3-13-25(14-4-1)27-23-24-34(29-18-8-7-17-28(27)29)36-32-21-11-9-19-30(32)35(26-15-5-2-6-16-26)31-20-10-12-22-33(31)36;1-2-11-27(12-3-1)35-31-14-6-8-16-33(31)36(34-17-9-7-15-32(34)35)28-21-18-26(19-22-28)30-23-20-25-10-4-5-13-29(25)24-30;1-3-13-23(14-4-1)25-17-7-8-18-26(25)32-29-21-11-9-19-27(29)31(24-15-5-2-6-16-24)28-20-10-12-22-30(28)32/h3*1-24H;1-22H. The highest BCUT2D eigenvalue weighted by Crippen LogP contribution is 2.52. The predicted octanol–water partition coefficient (Wildman–Crippen LogP) is 39.4. The number of hydrogen-bond donors (Lipinski definition) is 0. The molecule has 0 heterocycles. The van der Waals surface area contributed by atoms with Gasteiger partial charge in [0.15, 0.2) is 0 Å². The molecule has 0 N–H and O–H groups in total. The fourth-order valence-electron chi connectivity index (χ4n) is 21.8. The van der Waals surface area contributed by atoms with Gasteiger partial charge in [-0.2, -0.15) is 0 Å². The van der Waals surface area contributed by atoms with Gasteiger partial charge in [0, 0.05) is 0 Å². The minimum Gasteiger partial charge on any atom is -0.0622 e. The van der Waals surface area contributed by atoms with Crippen LogP contribution in [0.25, 0.3) is 252 Å². The fourth-order valence-corrected chi connectivity index (χ4v) is 21.8. The Morgan fingerprint density at radius 3 is 0.636 bits per heavy atom. The van der Waals surface area contributed by atoms with E-state index in [9.17, 15) is 0 Å². The van der Waals surface area contributed by atoms with E-state index in [4.69, 9.17) is 0 Å². The topological polar surface area (TPSA) is 0 Å². The average Bonchev–Trinajstić information content (AvgIpc) is 0.733. The van der Waals surface area contributed by atoms with Crippen LogP contribution in [-0.2, 0) is 0 Å². The summed E-state index contributed by atoms with van der Waals surface area (Å²) in [7, 11) is 0. The number of hydrogen-bond acceptors (Lipinski definition) is 0. The van der Waals surface area contributed by atoms with E-state index < -0.39 is 0 Å². The molecule has 0 spiro atoms. The Balaban J connectivity index is 0.000000101. The van der Waals surface area contributed by atoms with Crippen LogP contribution in [0.15, 0.2) is 570 Å². The first-order valence-electron chi connectivity index (χ1n) is 48.4. The van der Waals surface area contributed by atoms with E-state index >= 15 is 0 Å². The summed E-state index contributed by atoms with van der Waals surface area (Å²) in [6.07, 6.45) is 0. The molecular weight excluding hydrogens is 1680 g/mol. The molecule has 0 bridgehead atoms. The molecule has 140 heavy (non-hydrogen) atoms. The molecule has 0 heteroatoms. The summed E-state index contributed by atoms with van der Waals surface area (Å²) in [6.45, 7) is 0. The summed E-state index contributed by atoms with van der Waals surface area (Å²) in [4.78, 5) is 0. The van der Waals surface area contributed by atoms with Crippen LogP contribution in [0.2, 0.25) is 0 Å². The average molecular weight is 1780 g/mol. The molecule has 0 unspecified atom stereocenters. The van der Waals surface area contributed by atoms with Gasteiger partial charge in [0.2, 0.25) is 0 Å². The Bertz CT molecular complexity index is 9070. The van der Waals surface area contributed by atoms with Crippen molar-refractivity contribution in [1.82, 2.24) is 0 Å². The molecule has 0 nitrogen and oxygen atoms in total. The van der Waals surface area contributed by atoms with Crippen molar-refractivity contribution >= 4 is 118 Å². The van der Waals surface area contributed by atoms with Crippen molar-refractivity contribution in [2.24, 2.45) is 0 Å². The van der Waals surface area contributed by atoms with E-state index in [0.29, 0.717) is 0 Å². The molecule has 654 valence electrons. The van der Waals surface area contributed by atoms with Crippen LogP contribution >= 0.6 is 0 Å².